The van der Waals surface area contributed by atoms with E-state index in [1.807, 2.05) is 77.7 Å². The molecule has 5 rings (SSSR count). The number of amides is 1. The lowest BCUT2D eigenvalue weighted by Crippen LogP contribution is -2.35. The fourth-order valence-electron chi connectivity index (χ4n) is 4.07. The van der Waals surface area contributed by atoms with Gasteiger partial charge in [0.2, 0.25) is 0 Å². The lowest BCUT2D eigenvalue weighted by molar-refractivity contribution is 0.0723. The number of hydrogen-bond acceptors (Lipinski definition) is 4. The van der Waals surface area contributed by atoms with Gasteiger partial charge in [-0.1, -0.05) is 60.7 Å². The second-order valence-electron chi connectivity index (χ2n) is 8.35. The van der Waals surface area contributed by atoms with Crippen LogP contribution in [0.2, 0.25) is 0 Å². The fraction of sp³-hybridized carbons (Fsp3) is 0.222. The van der Waals surface area contributed by atoms with Gasteiger partial charge < -0.3 is 9.64 Å². The summed E-state index contributed by atoms with van der Waals surface area (Å²) >= 11 is 0. The van der Waals surface area contributed by atoms with Gasteiger partial charge >= 0.3 is 0 Å². The minimum atomic E-state index is -0.195. The van der Waals surface area contributed by atoms with E-state index in [1.54, 1.807) is 13.2 Å². The van der Waals surface area contributed by atoms with Crippen LogP contribution in [0.15, 0.2) is 83.7 Å². The molecule has 1 aliphatic carbocycles. The Morgan fingerprint density at radius 3 is 2.27 bits per heavy atom. The van der Waals surface area contributed by atoms with Crippen molar-refractivity contribution in [2.75, 3.05) is 7.11 Å². The molecule has 0 spiro atoms. The summed E-state index contributed by atoms with van der Waals surface area (Å²) in [6, 6.07) is 24.9. The van der Waals surface area contributed by atoms with Crippen molar-refractivity contribution in [2.24, 2.45) is 0 Å². The van der Waals surface area contributed by atoms with Gasteiger partial charge in [0.25, 0.3) is 11.5 Å². The molecule has 0 N–H and O–H groups in total. The zero-order chi connectivity index (χ0) is 22.8. The quantitative estimate of drug-likeness (QED) is 0.432. The summed E-state index contributed by atoms with van der Waals surface area (Å²) in [5.74, 6) is 0.634. The number of carbonyl (C=O) groups is 1. The molecule has 1 aromatic heterocycles. The number of carbonyl (C=O) groups excluding carboxylic acids is 1. The van der Waals surface area contributed by atoms with Gasteiger partial charge in [0, 0.05) is 18.0 Å². The molecular weight excluding hydrogens is 414 g/mol. The van der Waals surface area contributed by atoms with E-state index in [9.17, 15) is 9.59 Å². The third-order valence-corrected chi connectivity index (χ3v) is 6.01. The number of fused-ring (bicyclic) bond motifs is 1. The zero-order valence-electron chi connectivity index (χ0n) is 18.5. The highest BCUT2D eigenvalue weighted by molar-refractivity contribution is 6.05. The Morgan fingerprint density at radius 1 is 0.939 bits per heavy atom. The molecule has 166 valence electrons. The summed E-state index contributed by atoms with van der Waals surface area (Å²) < 4.78 is 6.66. The molecule has 33 heavy (non-hydrogen) atoms. The molecule has 0 aliphatic heterocycles. The first kappa shape index (κ1) is 20.9. The van der Waals surface area contributed by atoms with E-state index in [-0.39, 0.29) is 17.5 Å². The third kappa shape index (κ3) is 4.37. The monoisotopic (exact) mass is 439 g/mol. The van der Waals surface area contributed by atoms with Gasteiger partial charge in [-0.3, -0.25) is 9.59 Å². The number of rotatable bonds is 7. The third-order valence-electron chi connectivity index (χ3n) is 6.01. The number of nitrogens with zero attached hydrogens (tertiary/aromatic N) is 3. The highest BCUT2D eigenvalue weighted by atomic mass is 16.5. The molecule has 6 heteroatoms. The maximum atomic E-state index is 13.8. The second-order valence-corrected chi connectivity index (χ2v) is 8.35. The number of hydrogen-bond donors (Lipinski definition) is 0. The van der Waals surface area contributed by atoms with Crippen LogP contribution in [0.5, 0.6) is 5.75 Å². The van der Waals surface area contributed by atoms with Crippen LogP contribution in [-0.2, 0) is 13.1 Å². The molecule has 1 amide bonds. The average Bonchev–Trinajstić information content (AvgIpc) is 3.70. The van der Waals surface area contributed by atoms with Crippen LogP contribution in [0, 0.1) is 0 Å². The van der Waals surface area contributed by atoms with Gasteiger partial charge in [0.15, 0.2) is 5.69 Å². The highest BCUT2D eigenvalue weighted by Gasteiger charge is 2.34. The highest BCUT2D eigenvalue weighted by Crippen LogP contribution is 2.31. The summed E-state index contributed by atoms with van der Waals surface area (Å²) in [6.07, 6.45) is 1.95. The fourth-order valence-corrected chi connectivity index (χ4v) is 4.07. The van der Waals surface area contributed by atoms with Crippen LogP contribution in [0.1, 0.15) is 34.5 Å². The van der Waals surface area contributed by atoms with Crippen LogP contribution in [0.25, 0.3) is 10.8 Å². The van der Waals surface area contributed by atoms with Gasteiger partial charge in [-0.15, -0.1) is 0 Å². The normalized spacial score (nSPS) is 13.1. The molecule has 0 unspecified atom stereocenters. The lowest BCUT2D eigenvalue weighted by atomic mass is 10.1. The molecule has 1 fully saturated rings. The first-order valence-electron chi connectivity index (χ1n) is 11.1. The smallest absolute Gasteiger partial charge is 0.275 e. The van der Waals surface area contributed by atoms with Crippen molar-refractivity contribution < 1.29 is 9.53 Å². The molecule has 1 aliphatic rings. The lowest BCUT2D eigenvalue weighted by Gasteiger charge is -2.23. The summed E-state index contributed by atoms with van der Waals surface area (Å²) in [5, 5.41) is 5.69. The molecule has 0 saturated heterocycles. The average molecular weight is 440 g/mol. The maximum Gasteiger partial charge on any atom is 0.275 e. The predicted molar refractivity (Wildman–Crippen MR) is 127 cm³/mol. The van der Waals surface area contributed by atoms with Crippen molar-refractivity contribution in [1.82, 2.24) is 14.7 Å². The molecule has 3 aromatic carbocycles. The molecule has 0 radical (unpaired) electrons. The van der Waals surface area contributed by atoms with E-state index in [0.29, 0.717) is 29.6 Å². The van der Waals surface area contributed by atoms with E-state index >= 15 is 0 Å². The van der Waals surface area contributed by atoms with Gasteiger partial charge in [-0.2, -0.15) is 5.10 Å². The van der Waals surface area contributed by atoms with Crippen LogP contribution in [-0.4, -0.2) is 33.7 Å². The molecular formula is C27H25N3O3. The molecule has 1 heterocycles. The Kier molecular flexibility index (Phi) is 5.65. The molecule has 0 atom stereocenters. The number of benzene rings is 3. The minimum Gasteiger partial charge on any atom is -0.497 e. The van der Waals surface area contributed by atoms with Crippen molar-refractivity contribution in [2.45, 2.75) is 32.0 Å². The number of methoxy groups -OCH3 is 1. The summed E-state index contributed by atoms with van der Waals surface area (Å²) in [6.45, 7) is 0.800. The second kappa shape index (κ2) is 8.90. The Labute approximate surface area is 192 Å². The van der Waals surface area contributed by atoms with Crippen molar-refractivity contribution in [1.29, 1.82) is 0 Å². The Bertz CT molecular complexity index is 1340. The van der Waals surface area contributed by atoms with Crippen molar-refractivity contribution in [3.8, 4) is 5.75 Å². The van der Waals surface area contributed by atoms with E-state index in [1.165, 1.54) is 4.68 Å². The van der Waals surface area contributed by atoms with Gasteiger partial charge in [0.1, 0.15) is 5.75 Å². The van der Waals surface area contributed by atoms with E-state index in [0.717, 1.165) is 29.7 Å². The first-order chi connectivity index (χ1) is 16.1. The first-order valence-corrected chi connectivity index (χ1v) is 11.1. The van der Waals surface area contributed by atoms with E-state index in [4.69, 9.17) is 4.74 Å². The number of aromatic nitrogens is 2. The Balaban J connectivity index is 1.54. The topological polar surface area (TPSA) is 64.4 Å². The molecule has 1 saturated carbocycles. The van der Waals surface area contributed by atoms with Crippen molar-refractivity contribution in [3.05, 3.63) is 106 Å². The minimum absolute atomic E-state index is 0.147. The predicted octanol–water partition coefficient (Wildman–Crippen LogP) is 4.26. The SMILES string of the molecule is COc1ccc(CN(C(=O)c2nn(Cc3ccccc3)c(=O)c3ccccc23)C2CC2)cc1. The molecule has 4 aromatic rings. The summed E-state index contributed by atoms with van der Waals surface area (Å²) in [7, 11) is 1.64. The van der Waals surface area contributed by atoms with E-state index < -0.39 is 0 Å². The largest absolute Gasteiger partial charge is 0.497 e. The molecule has 6 nitrogen and oxygen atoms in total. The van der Waals surface area contributed by atoms with Crippen LogP contribution in [0.3, 0.4) is 0 Å². The van der Waals surface area contributed by atoms with Crippen LogP contribution in [0.4, 0.5) is 0 Å². The van der Waals surface area contributed by atoms with Gasteiger partial charge in [-0.05, 0) is 42.2 Å². The zero-order valence-corrected chi connectivity index (χ0v) is 18.5. The van der Waals surface area contributed by atoms with E-state index in [2.05, 4.69) is 5.10 Å². The standard InChI is InChI=1S/C27H25N3O3/c1-33-22-15-11-20(12-16-22)17-29(21-13-14-21)27(32)25-23-9-5-6-10-24(23)26(31)30(28-25)18-19-7-3-2-4-8-19/h2-12,15-16,21H,13-14,17-18H2,1H3. The van der Waals surface area contributed by atoms with Crippen molar-refractivity contribution in [3.63, 3.8) is 0 Å². The number of ether oxygens (including phenoxy) is 1. The Hall–Kier alpha value is -3.93. The van der Waals surface area contributed by atoms with Gasteiger partial charge in [-0.25, -0.2) is 4.68 Å². The Morgan fingerprint density at radius 2 is 1.61 bits per heavy atom. The molecule has 0 bridgehead atoms. The summed E-state index contributed by atoms with van der Waals surface area (Å²) in [4.78, 5) is 28.8. The maximum absolute atomic E-state index is 13.8. The van der Waals surface area contributed by atoms with Crippen LogP contribution < -0.4 is 10.3 Å². The summed E-state index contributed by atoms with van der Waals surface area (Å²) in [5.41, 5.74) is 2.11. The van der Waals surface area contributed by atoms with Crippen molar-refractivity contribution >= 4 is 16.7 Å². The van der Waals surface area contributed by atoms with Crippen LogP contribution >= 0.6 is 0 Å². The van der Waals surface area contributed by atoms with Gasteiger partial charge in [0.05, 0.1) is 19.0 Å².